The minimum absolute atomic E-state index is 0.0384. The molecule has 1 saturated carbocycles. The lowest BCUT2D eigenvalue weighted by atomic mass is 9.81. The third-order valence-electron chi connectivity index (χ3n) is 5.94. The molecule has 166 valence electrons. The molecule has 1 aliphatic carbocycles. The van der Waals surface area contributed by atoms with Crippen LogP contribution in [-0.2, 0) is 20.9 Å². The number of nitrogens with zero attached hydrogens (tertiary/aromatic N) is 2. The molecule has 0 spiro atoms. The van der Waals surface area contributed by atoms with E-state index in [1.807, 2.05) is 51.1 Å². The summed E-state index contributed by atoms with van der Waals surface area (Å²) in [5.41, 5.74) is 0.599. The van der Waals surface area contributed by atoms with Crippen molar-refractivity contribution in [3.8, 4) is 0 Å². The molecule has 1 saturated heterocycles. The normalized spacial score (nSPS) is 23.1. The SMILES string of the molecule is CC(C)(C)OC(=O)[C@H]1CC[C@H](CN2CCN(C(=O)OCc3ccccc3)CC2)CC1. The van der Waals surface area contributed by atoms with Crippen molar-refractivity contribution in [1.82, 2.24) is 9.80 Å². The lowest BCUT2D eigenvalue weighted by Gasteiger charge is -2.37. The second-order valence-electron chi connectivity index (χ2n) is 9.58. The molecular formula is C24H36N2O4. The van der Waals surface area contributed by atoms with E-state index in [1.165, 1.54) is 0 Å². The molecule has 1 aromatic rings. The van der Waals surface area contributed by atoms with Gasteiger partial charge in [-0.25, -0.2) is 4.79 Å². The number of esters is 1. The predicted octanol–water partition coefficient (Wildman–Crippen LogP) is 4.09. The minimum atomic E-state index is -0.407. The zero-order chi connectivity index (χ0) is 21.6. The van der Waals surface area contributed by atoms with Gasteiger partial charge in [0, 0.05) is 32.7 Å². The largest absolute Gasteiger partial charge is 0.460 e. The van der Waals surface area contributed by atoms with Crippen LogP contribution < -0.4 is 0 Å². The molecule has 0 unspecified atom stereocenters. The summed E-state index contributed by atoms with van der Waals surface area (Å²) in [7, 11) is 0. The van der Waals surface area contributed by atoms with Gasteiger partial charge in [0.25, 0.3) is 0 Å². The topological polar surface area (TPSA) is 59.1 Å². The number of carbonyl (C=O) groups is 2. The molecule has 0 bridgehead atoms. The average molecular weight is 417 g/mol. The smallest absolute Gasteiger partial charge is 0.410 e. The van der Waals surface area contributed by atoms with Crippen molar-refractivity contribution in [2.24, 2.45) is 11.8 Å². The highest BCUT2D eigenvalue weighted by molar-refractivity contribution is 5.73. The first kappa shape index (κ1) is 22.6. The first-order chi connectivity index (χ1) is 14.3. The van der Waals surface area contributed by atoms with Gasteiger partial charge < -0.3 is 14.4 Å². The zero-order valence-electron chi connectivity index (χ0n) is 18.6. The number of hydrogen-bond donors (Lipinski definition) is 0. The van der Waals surface area contributed by atoms with Crippen LogP contribution in [0.25, 0.3) is 0 Å². The lowest BCUT2D eigenvalue weighted by Crippen LogP contribution is -2.50. The molecule has 2 aliphatic rings. The Morgan fingerprint density at radius 2 is 1.60 bits per heavy atom. The van der Waals surface area contributed by atoms with Crippen LogP contribution in [0.5, 0.6) is 0 Å². The second kappa shape index (κ2) is 10.3. The number of piperazine rings is 1. The van der Waals surface area contributed by atoms with Gasteiger partial charge in [0.15, 0.2) is 0 Å². The van der Waals surface area contributed by atoms with Crippen LogP contribution in [0.15, 0.2) is 30.3 Å². The van der Waals surface area contributed by atoms with E-state index in [1.54, 1.807) is 4.90 Å². The molecular weight excluding hydrogens is 380 g/mol. The highest BCUT2D eigenvalue weighted by Gasteiger charge is 2.31. The molecule has 1 heterocycles. The van der Waals surface area contributed by atoms with Crippen molar-refractivity contribution in [3.63, 3.8) is 0 Å². The molecule has 1 aromatic carbocycles. The molecule has 6 heteroatoms. The molecule has 3 rings (SSSR count). The summed E-state index contributed by atoms with van der Waals surface area (Å²) in [6, 6.07) is 9.77. The van der Waals surface area contributed by atoms with Crippen LogP contribution >= 0.6 is 0 Å². The Hall–Kier alpha value is -2.08. The molecule has 0 radical (unpaired) electrons. The number of hydrogen-bond acceptors (Lipinski definition) is 5. The zero-order valence-corrected chi connectivity index (χ0v) is 18.6. The summed E-state index contributed by atoms with van der Waals surface area (Å²) < 4.78 is 11.0. The van der Waals surface area contributed by atoms with Crippen LogP contribution in [0.4, 0.5) is 4.79 Å². The van der Waals surface area contributed by atoms with E-state index in [2.05, 4.69) is 4.90 Å². The maximum absolute atomic E-state index is 12.3. The van der Waals surface area contributed by atoms with Gasteiger partial charge in [-0.15, -0.1) is 0 Å². The Labute approximate surface area is 180 Å². The van der Waals surface area contributed by atoms with Gasteiger partial charge in [-0.1, -0.05) is 30.3 Å². The number of amides is 1. The van der Waals surface area contributed by atoms with Crippen LogP contribution in [0, 0.1) is 11.8 Å². The Morgan fingerprint density at radius 1 is 0.967 bits per heavy atom. The van der Waals surface area contributed by atoms with E-state index in [4.69, 9.17) is 9.47 Å². The summed E-state index contributed by atoms with van der Waals surface area (Å²) in [6.07, 6.45) is 3.76. The quantitative estimate of drug-likeness (QED) is 0.677. The van der Waals surface area contributed by atoms with Crippen molar-refractivity contribution in [2.75, 3.05) is 32.7 Å². The van der Waals surface area contributed by atoms with Gasteiger partial charge >= 0.3 is 12.1 Å². The Morgan fingerprint density at radius 3 is 2.20 bits per heavy atom. The summed E-state index contributed by atoms with van der Waals surface area (Å²) in [5, 5.41) is 0. The second-order valence-corrected chi connectivity index (χ2v) is 9.58. The molecule has 0 atom stereocenters. The number of rotatable bonds is 5. The molecule has 2 fully saturated rings. The van der Waals surface area contributed by atoms with E-state index in [-0.39, 0.29) is 18.0 Å². The van der Waals surface area contributed by atoms with Crippen molar-refractivity contribution >= 4 is 12.1 Å². The Kier molecular flexibility index (Phi) is 7.75. The van der Waals surface area contributed by atoms with Crippen molar-refractivity contribution < 1.29 is 19.1 Å². The minimum Gasteiger partial charge on any atom is -0.460 e. The van der Waals surface area contributed by atoms with E-state index < -0.39 is 5.60 Å². The standard InChI is InChI=1S/C24H36N2O4/c1-24(2,3)30-22(27)21-11-9-19(10-12-21)17-25-13-15-26(16-14-25)23(28)29-18-20-7-5-4-6-8-20/h4-8,19,21H,9-18H2,1-3H3/t19-,21-. The van der Waals surface area contributed by atoms with Gasteiger partial charge in [-0.05, 0) is 57.9 Å². The highest BCUT2D eigenvalue weighted by Crippen LogP contribution is 2.31. The van der Waals surface area contributed by atoms with Crippen LogP contribution in [-0.4, -0.2) is 60.2 Å². The van der Waals surface area contributed by atoms with Crippen LogP contribution in [0.2, 0.25) is 0 Å². The summed E-state index contributed by atoms with van der Waals surface area (Å²) in [5.74, 6) is 0.639. The summed E-state index contributed by atoms with van der Waals surface area (Å²) in [4.78, 5) is 28.8. The van der Waals surface area contributed by atoms with Crippen molar-refractivity contribution in [1.29, 1.82) is 0 Å². The monoisotopic (exact) mass is 416 g/mol. The van der Waals surface area contributed by atoms with Crippen molar-refractivity contribution in [3.05, 3.63) is 35.9 Å². The first-order valence-corrected chi connectivity index (χ1v) is 11.2. The van der Waals surface area contributed by atoms with Crippen molar-refractivity contribution in [2.45, 2.75) is 58.7 Å². The fourth-order valence-electron chi connectivity index (χ4n) is 4.25. The molecule has 0 N–H and O–H groups in total. The van der Waals surface area contributed by atoms with Gasteiger partial charge in [0.2, 0.25) is 0 Å². The summed E-state index contributed by atoms with van der Waals surface area (Å²) >= 11 is 0. The fraction of sp³-hybridized carbons (Fsp3) is 0.667. The Balaban J connectivity index is 1.33. The van der Waals surface area contributed by atoms with E-state index in [0.717, 1.165) is 50.9 Å². The third-order valence-corrected chi connectivity index (χ3v) is 5.94. The summed E-state index contributed by atoms with van der Waals surface area (Å²) in [6.45, 7) is 10.3. The Bertz CT molecular complexity index is 685. The maximum atomic E-state index is 12.3. The fourth-order valence-corrected chi connectivity index (χ4v) is 4.25. The predicted molar refractivity (Wildman–Crippen MR) is 116 cm³/mol. The van der Waals surface area contributed by atoms with E-state index >= 15 is 0 Å². The molecule has 1 amide bonds. The first-order valence-electron chi connectivity index (χ1n) is 11.2. The van der Waals surface area contributed by atoms with E-state index in [0.29, 0.717) is 25.6 Å². The average Bonchev–Trinajstić information content (AvgIpc) is 2.72. The lowest BCUT2D eigenvalue weighted by molar-refractivity contribution is -0.161. The maximum Gasteiger partial charge on any atom is 0.410 e. The number of ether oxygens (including phenoxy) is 2. The molecule has 6 nitrogen and oxygen atoms in total. The van der Waals surface area contributed by atoms with E-state index in [9.17, 15) is 9.59 Å². The van der Waals surface area contributed by atoms with Gasteiger partial charge in [0.05, 0.1) is 5.92 Å². The third kappa shape index (κ3) is 7.01. The molecule has 1 aliphatic heterocycles. The van der Waals surface area contributed by atoms with Crippen LogP contribution in [0.3, 0.4) is 0 Å². The highest BCUT2D eigenvalue weighted by atomic mass is 16.6. The molecule has 0 aromatic heterocycles. The molecule has 30 heavy (non-hydrogen) atoms. The van der Waals surface area contributed by atoms with Crippen LogP contribution in [0.1, 0.15) is 52.0 Å². The van der Waals surface area contributed by atoms with Gasteiger partial charge in [-0.3, -0.25) is 9.69 Å². The van der Waals surface area contributed by atoms with Gasteiger partial charge in [0.1, 0.15) is 12.2 Å². The van der Waals surface area contributed by atoms with Gasteiger partial charge in [-0.2, -0.15) is 0 Å². The number of carbonyl (C=O) groups excluding carboxylic acids is 2. The number of benzene rings is 1.